The molecule has 0 spiro atoms. The Morgan fingerprint density at radius 2 is 2.15 bits per heavy atom. The molecule has 5 heteroatoms. The number of hydrogen-bond donors (Lipinski definition) is 1. The number of likely N-dealkylation sites (N-methyl/N-ethyl adjacent to an activating group) is 1. The van der Waals surface area contributed by atoms with Crippen molar-refractivity contribution in [2.75, 3.05) is 40.0 Å². The highest BCUT2D eigenvalue weighted by Gasteiger charge is 2.06. The third-order valence-electron chi connectivity index (χ3n) is 3.24. The van der Waals surface area contributed by atoms with Crippen molar-refractivity contribution in [1.82, 2.24) is 4.90 Å². The third kappa shape index (κ3) is 4.24. The Bertz CT molecular complexity index is 544. The largest absolute Gasteiger partial charge is 0.395 e. The average molecular weight is 297 g/mol. The Morgan fingerprint density at radius 1 is 1.30 bits per heavy atom. The normalized spacial score (nSPS) is 11.6. The van der Waals surface area contributed by atoms with Crippen LogP contribution in [0.4, 0.5) is 4.39 Å². The van der Waals surface area contributed by atoms with Crippen LogP contribution < -0.4 is 0 Å². The summed E-state index contributed by atoms with van der Waals surface area (Å²) in [5.74, 6) is -0.152. The van der Waals surface area contributed by atoms with Crippen molar-refractivity contribution in [3.63, 3.8) is 0 Å². The summed E-state index contributed by atoms with van der Waals surface area (Å²) in [6.45, 7) is 2.68. The lowest BCUT2D eigenvalue weighted by Crippen LogP contribution is -2.26. The zero-order valence-electron chi connectivity index (χ0n) is 11.6. The Morgan fingerprint density at radius 3 is 2.95 bits per heavy atom. The van der Waals surface area contributed by atoms with Crippen LogP contribution in [0.1, 0.15) is 5.56 Å². The van der Waals surface area contributed by atoms with Gasteiger partial charge in [-0.15, -0.1) is 11.3 Å². The lowest BCUT2D eigenvalue weighted by molar-refractivity contribution is 0.107. The summed E-state index contributed by atoms with van der Waals surface area (Å²) in [5.41, 5.74) is 0.708. The highest BCUT2D eigenvalue weighted by molar-refractivity contribution is 7.17. The quantitative estimate of drug-likeness (QED) is 0.760. The van der Waals surface area contributed by atoms with E-state index in [9.17, 15) is 4.39 Å². The van der Waals surface area contributed by atoms with E-state index < -0.39 is 0 Å². The fraction of sp³-hybridized carbons (Fsp3) is 0.467. The molecule has 110 valence electrons. The molecule has 0 bridgehead atoms. The zero-order chi connectivity index (χ0) is 14.4. The second-order valence-electron chi connectivity index (χ2n) is 4.79. The first-order chi connectivity index (χ1) is 9.70. The van der Waals surface area contributed by atoms with E-state index in [1.54, 1.807) is 17.4 Å². The number of fused-ring (bicyclic) bond motifs is 1. The van der Waals surface area contributed by atoms with Gasteiger partial charge >= 0.3 is 0 Å². The van der Waals surface area contributed by atoms with Crippen molar-refractivity contribution in [3.8, 4) is 0 Å². The molecule has 20 heavy (non-hydrogen) atoms. The molecule has 0 amide bonds. The van der Waals surface area contributed by atoms with Crippen molar-refractivity contribution < 1.29 is 14.2 Å². The SMILES string of the molecule is CN(CCO)CCOCCc1cc2ccsc2cc1F. The summed E-state index contributed by atoms with van der Waals surface area (Å²) >= 11 is 1.55. The van der Waals surface area contributed by atoms with Gasteiger partial charge in [0, 0.05) is 17.8 Å². The smallest absolute Gasteiger partial charge is 0.127 e. The molecule has 0 saturated carbocycles. The maximum absolute atomic E-state index is 13.9. The van der Waals surface area contributed by atoms with E-state index in [0.29, 0.717) is 31.7 Å². The average Bonchev–Trinajstić information content (AvgIpc) is 2.85. The van der Waals surface area contributed by atoms with Crippen LogP contribution in [-0.2, 0) is 11.2 Å². The van der Waals surface area contributed by atoms with Crippen LogP contribution in [0.15, 0.2) is 23.6 Å². The van der Waals surface area contributed by atoms with Gasteiger partial charge in [0.1, 0.15) is 5.82 Å². The minimum Gasteiger partial charge on any atom is -0.395 e. The van der Waals surface area contributed by atoms with Gasteiger partial charge in [-0.3, -0.25) is 0 Å². The van der Waals surface area contributed by atoms with E-state index in [0.717, 1.165) is 16.6 Å². The van der Waals surface area contributed by atoms with Gasteiger partial charge in [0.25, 0.3) is 0 Å². The van der Waals surface area contributed by atoms with Crippen LogP contribution in [-0.4, -0.2) is 50.0 Å². The first-order valence-electron chi connectivity index (χ1n) is 6.73. The Balaban J connectivity index is 1.76. The molecule has 1 heterocycles. The summed E-state index contributed by atoms with van der Waals surface area (Å²) in [7, 11) is 1.93. The molecule has 0 aliphatic heterocycles. The minimum atomic E-state index is -0.152. The second-order valence-corrected chi connectivity index (χ2v) is 5.74. The monoisotopic (exact) mass is 297 g/mol. The lowest BCUT2D eigenvalue weighted by atomic mass is 10.1. The minimum absolute atomic E-state index is 0.152. The van der Waals surface area contributed by atoms with Crippen LogP contribution in [0.25, 0.3) is 10.1 Å². The topological polar surface area (TPSA) is 32.7 Å². The fourth-order valence-electron chi connectivity index (χ4n) is 2.01. The van der Waals surface area contributed by atoms with Gasteiger partial charge in [-0.25, -0.2) is 4.39 Å². The standard InChI is InChI=1S/C15H20FNO2S/c1-17(4-6-18)5-8-19-7-2-12-10-13-3-9-20-15(13)11-14(12)16/h3,9-11,18H,2,4-8H2,1H3. The predicted octanol–water partition coefficient (Wildman–Crippen LogP) is 2.52. The number of aliphatic hydroxyl groups excluding tert-OH is 1. The Labute approximate surface area is 122 Å². The molecule has 0 unspecified atom stereocenters. The van der Waals surface area contributed by atoms with Gasteiger partial charge < -0.3 is 14.7 Å². The summed E-state index contributed by atoms with van der Waals surface area (Å²) in [6, 6.07) is 5.51. The number of thiophene rings is 1. The van der Waals surface area contributed by atoms with Crippen molar-refractivity contribution in [2.24, 2.45) is 0 Å². The Hall–Kier alpha value is -1.01. The number of aliphatic hydroxyl groups is 1. The van der Waals surface area contributed by atoms with Gasteiger partial charge in [0.2, 0.25) is 0 Å². The van der Waals surface area contributed by atoms with E-state index in [2.05, 4.69) is 0 Å². The number of benzene rings is 1. The van der Waals surface area contributed by atoms with Gasteiger partial charge in [-0.05, 0) is 48.0 Å². The fourth-order valence-corrected chi connectivity index (χ4v) is 2.81. The molecule has 0 aliphatic rings. The molecule has 1 aromatic carbocycles. The van der Waals surface area contributed by atoms with Gasteiger partial charge in [-0.2, -0.15) is 0 Å². The maximum Gasteiger partial charge on any atom is 0.127 e. The molecular weight excluding hydrogens is 277 g/mol. The molecule has 0 radical (unpaired) electrons. The lowest BCUT2D eigenvalue weighted by Gasteiger charge is -2.14. The van der Waals surface area contributed by atoms with Gasteiger partial charge in [-0.1, -0.05) is 0 Å². The van der Waals surface area contributed by atoms with Gasteiger partial charge in [0.15, 0.2) is 0 Å². The zero-order valence-corrected chi connectivity index (χ0v) is 12.5. The molecule has 3 nitrogen and oxygen atoms in total. The summed E-state index contributed by atoms with van der Waals surface area (Å²) in [5, 5.41) is 11.8. The maximum atomic E-state index is 13.9. The van der Waals surface area contributed by atoms with Crippen LogP contribution in [0.2, 0.25) is 0 Å². The van der Waals surface area contributed by atoms with Crippen LogP contribution >= 0.6 is 11.3 Å². The van der Waals surface area contributed by atoms with Crippen LogP contribution in [0.5, 0.6) is 0 Å². The van der Waals surface area contributed by atoms with Gasteiger partial charge in [0.05, 0.1) is 19.8 Å². The summed E-state index contributed by atoms with van der Waals surface area (Å²) in [6.07, 6.45) is 0.585. The van der Waals surface area contributed by atoms with Crippen LogP contribution in [0, 0.1) is 5.82 Å². The first-order valence-corrected chi connectivity index (χ1v) is 7.61. The number of nitrogens with zero attached hydrogens (tertiary/aromatic N) is 1. The van der Waals surface area contributed by atoms with Crippen molar-refractivity contribution in [1.29, 1.82) is 0 Å². The number of rotatable bonds is 8. The molecule has 1 aromatic heterocycles. The second kappa shape index (κ2) is 7.69. The summed E-state index contributed by atoms with van der Waals surface area (Å²) in [4.78, 5) is 2.00. The molecule has 0 saturated heterocycles. The Kier molecular flexibility index (Phi) is 5.91. The molecule has 0 aliphatic carbocycles. The highest BCUT2D eigenvalue weighted by Crippen LogP contribution is 2.24. The molecule has 2 rings (SSSR count). The molecule has 0 atom stereocenters. The van der Waals surface area contributed by atoms with E-state index in [1.165, 1.54) is 0 Å². The van der Waals surface area contributed by atoms with Crippen LogP contribution in [0.3, 0.4) is 0 Å². The predicted molar refractivity (Wildman–Crippen MR) is 80.9 cm³/mol. The van der Waals surface area contributed by atoms with E-state index in [1.807, 2.05) is 29.5 Å². The molecule has 1 N–H and O–H groups in total. The van der Waals surface area contributed by atoms with E-state index in [-0.39, 0.29) is 12.4 Å². The first kappa shape index (κ1) is 15.4. The molecule has 2 aromatic rings. The molecule has 0 fully saturated rings. The number of ether oxygens (including phenoxy) is 1. The number of hydrogen-bond acceptors (Lipinski definition) is 4. The van der Waals surface area contributed by atoms with Crippen molar-refractivity contribution >= 4 is 21.4 Å². The van der Waals surface area contributed by atoms with Crippen molar-refractivity contribution in [2.45, 2.75) is 6.42 Å². The van der Waals surface area contributed by atoms with E-state index >= 15 is 0 Å². The third-order valence-corrected chi connectivity index (χ3v) is 4.12. The van der Waals surface area contributed by atoms with Crippen molar-refractivity contribution in [3.05, 3.63) is 35.0 Å². The highest BCUT2D eigenvalue weighted by atomic mass is 32.1. The molecular formula is C15H20FNO2S. The van der Waals surface area contributed by atoms with E-state index in [4.69, 9.17) is 9.84 Å². The number of halogens is 1. The summed E-state index contributed by atoms with van der Waals surface area (Å²) < 4.78 is 20.3.